The molecule has 3 aromatic rings. The van der Waals surface area contributed by atoms with Gasteiger partial charge in [-0.05, 0) is 119 Å². The number of hydrogen-bond donors (Lipinski definition) is 6. The summed E-state index contributed by atoms with van der Waals surface area (Å²) in [6, 6.07) is 10.1. The maximum Gasteiger partial charge on any atom is 0.355 e. The van der Waals surface area contributed by atoms with E-state index >= 15 is 0 Å². The number of fused-ring (bicyclic) bond motifs is 5. The van der Waals surface area contributed by atoms with Crippen molar-refractivity contribution in [2.75, 3.05) is 40.8 Å². The number of rotatable bonds is 16. The Balaban J connectivity index is 0.989. The topological polar surface area (TPSA) is 297 Å². The smallest absolute Gasteiger partial charge is 0.355 e. The van der Waals surface area contributed by atoms with E-state index in [9.17, 15) is 49.5 Å². The highest BCUT2D eigenvalue weighted by molar-refractivity contribution is 5.89. The molecule has 87 heavy (non-hydrogen) atoms. The van der Waals surface area contributed by atoms with Gasteiger partial charge in [-0.3, -0.25) is 24.1 Å². The Morgan fingerprint density at radius 2 is 1.63 bits per heavy atom. The standard InChI is InChI=1S/C64H95N5O18/c1-15-47-63(11,79)54(73)38(7)68(25-19-24-65-48(70)22-23-49(71)87-64(16-2)43-28-45-51-41(27-40-20-17-18-21-44(40)66-51)32-69(45)57(75)42(43)33-81-60(64)77)31-34(3)29-61(9,78)56(86-59-52(72)46(67(12)13)26-35(4)82-59)36(5)53(37(6)58(76)84-47)85-50-30-62(10,80-14)55(74)39(8)83-50/h17-18,20-21,27-28,34-39,46-47,50,52-56,59,72-74,78-79H,15-16,19,22-26,29-33H2,1-14H3,(H,65,70)/t34-,35-,36+,37-,38-,39+,46+,47-,50?,52-,53+,54-,55+,56?,59+,61-,62-,63-,64+/m1/s1. The molecule has 0 aliphatic carbocycles. The molecule has 23 heteroatoms. The molecule has 8 rings (SSSR count). The molecule has 3 fully saturated rings. The fourth-order valence-electron chi connectivity index (χ4n) is 14.0. The number of hydrogen-bond acceptors (Lipinski definition) is 21. The van der Waals surface area contributed by atoms with Crippen molar-refractivity contribution >= 4 is 34.7 Å². The number of carbonyl (C=O) groups is 4. The Hall–Kier alpha value is -5.02. The van der Waals surface area contributed by atoms with E-state index in [2.05, 4.69) is 5.32 Å². The summed E-state index contributed by atoms with van der Waals surface area (Å²) in [6.45, 7) is 19.4. The average Bonchev–Trinajstić information content (AvgIpc) is 1.70. The first-order valence-corrected chi connectivity index (χ1v) is 31.0. The lowest BCUT2D eigenvalue weighted by molar-refractivity contribution is -0.318. The van der Waals surface area contributed by atoms with Crippen molar-refractivity contribution in [3.63, 3.8) is 0 Å². The van der Waals surface area contributed by atoms with E-state index in [0.29, 0.717) is 24.2 Å². The number of nitrogens with zero attached hydrogens (tertiary/aromatic N) is 4. The number of benzene rings is 1. The van der Waals surface area contributed by atoms with Crippen LogP contribution in [-0.4, -0.2) is 200 Å². The van der Waals surface area contributed by atoms with Crippen LogP contribution in [0.25, 0.3) is 22.3 Å². The first kappa shape index (κ1) is 67.9. The fourth-order valence-corrected chi connectivity index (χ4v) is 14.0. The molecule has 0 spiro atoms. The summed E-state index contributed by atoms with van der Waals surface area (Å²) >= 11 is 0. The first-order chi connectivity index (χ1) is 40.9. The summed E-state index contributed by atoms with van der Waals surface area (Å²) in [6.07, 6.45) is -10.3. The number of pyridine rings is 2. The van der Waals surface area contributed by atoms with Crippen LogP contribution in [0.1, 0.15) is 144 Å². The molecule has 484 valence electrons. The van der Waals surface area contributed by atoms with Crippen LogP contribution >= 0.6 is 0 Å². The van der Waals surface area contributed by atoms with E-state index in [4.69, 9.17) is 42.9 Å². The third kappa shape index (κ3) is 14.0. The molecule has 2 aromatic heterocycles. The maximum atomic E-state index is 14.7. The number of carbonyl (C=O) groups excluding carboxylic acids is 4. The molecule has 1 aromatic carbocycles. The Morgan fingerprint density at radius 1 is 0.920 bits per heavy atom. The van der Waals surface area contributed by atoms with Gasteiger partial charge in [0.1, 0.15) is 36.6 Å². The second kappa shape index (κ2) is 27.2. The van der Waals surface area contributed by atoms with Gasteiger partial charge in [-0.25, -0.2) is 9.78 Å². The molecule has 0 bridgehead atoms. The summed E-state index contributed by atoms with van der Waals surface area (Å²) in [4.78, 5) is 78.4. The quantitative estimate of drug-likeness (QED) is 0.0520. The largest absolute Gasteiger partial charge is 0.459 e. The van der Waals surface area contributed by atoms with Crippen LogP contribution in [0.4, 0.5) is 0 Å². The number of para-hydroxylation sites is 1. The van der Waals surface area contributed by atoms with Crippen LogP contribution in [0.15, 0.2) is 41.2 Å². The van der Waals surface area contributed by atoms with Gasteiger partial charge in [0.15, 0.2) is 12.6 Å². The lowest BCUT2D eigenvalue weighted by Gasteiger charge is -2.48. The summed E-state index contributed by atoms with van der Waals surface area (Å²) in [5.41, 5.74) is -4.12. The van der Waals surface area contributed by atoms with Crippen LogP contribution in [0.5, 0.6) is 0 Å². The molecule has 19 atom stereocenters. The van der Waals surface area contributed by atoms with E-state index in [1.54, 1.807) is 66.0 Å². The van der Waals surface area contributed by atoms with E-state index in [-0.39, 0.29) is 99.6 Å². The number of aliphatic hydroxyl groups is 5. The van der Waals surface area contributed by atoms with Crippen molar-refractivity contribution in [3.05, 3.63) is 63.4 Å². The summed E-state index contributed by atoms with van der Waals surface area (Å²) in [5, 5.41) is 64.3. The Kier molecular flexibility index (Phi) is 21.2. The zero-order valence-corrected chi connectivity index (χ0v) is 53.1. The maximum absolute atomic E-state index is 14.7. The van der Waals surface area contributed by atoms with Crippen molar-refractivity contribution in [3.8, 4) is 11.4 Å². The minimum atomic E-state index is -2.01. The average molecular weight is 1220 g/mol. The highest BCUT2D eigenvalue weighted by Crippen LogP contribution is 2.43. The number of nitrogens with one attached hydrogen (secondary N) is 1. The van der Waals surface area contributed by atoms with Gasteiger partial charge < -0.3 is 78.2 Å². The van der Waals surface area contributed by atoms with Gasteiger partial charge in [-0.1, -0.05) is 45.9 Å². The number of methoxy groups -OCH3 is 1. The van der Waals surface area contributed by atoms with Crippen molar-refractivity contribution in [1.29, 1.82) is 0 Å². The van der Waals surface area contributed by atoms with Crippen LogP contribution in [0.3, 0.4) is 0 Å². The van der Waals surface area contributed by atoms with Crippen LogP contribution in [0.2, 0.25) is 0 Å². The third-order valence-corrected chi connectivity index (χ3v) is 19.2. The highest BCUT2D eigenvalue weighted by Gasteiger charge is 2.54. The summed E-state index contributed by atoms with van der Waals surface area (Å²) in [5.74, 6) is -5.31. The van der Waals surface area contributed by atoms with Crippen LogP contribution in [-0.2, 0) is 75.8 Å². The third-order valence-electron chi connectivity index (χ3n) is 19.2. The van der Waals surface area contributed by atoms with Crippen molar-refractivity contribution in [2.45, 2.75) is 237 Å². The molecule has 2 unspecified atom stereocenters. The SMILES string of the molecule is CC[C@H]1OC(=O)[C@H](C)[C@@H](OC2C[C@@](C)(OC)[C@@H](O)[C@H](C)O2)[C@H](C)C(O[C@@H]2O[C@H](C)C[C@H](N(C)C)[C@H]2O)[C@](C)(O)C[C@@H](C)CN(CCCNC(=O)CCC(=O)O[C@]2(CC)C(=O)OCc3c2cc2n(c3=O)Cc3cc4ccccc4nc3-2)[C@H](C)[C@@H](O)[C@]1(C)O. The van der Waals surface area contributed by atoms with Gasteiger partial charge in [0.25, 0.3) is 5.56 Å². The molecule has 23 nitrogen and oxygen atoms in total. The van der Waals surface area contributed by atoms with Gasteiger partial charge in [0.2, 0.25) is 11.5 Å². The number of ether oxygens (including phenoxy) is 8. The van der Waals surface area contributed by atoms with Crippen molar-refractivity contribution in [1.82, 2.24) is 24.7 Å². The van der Waals surface area contributed by atoms with Crippen LogP contribution < -0.4 is 10.9 Å². The lowest BCUT2D eigenvalue weighted by Crippen LogP contribution is -2.60. The predicted molar refractivity (Wildman–Crippen MR) is 318 cm³/mol. The second-order valence-electron chi connectivity index (χ2n) is 26.2. The molecule has 0 saturated carbocycles. The van der Waals surface area contributed by atoms with E-state index in [0.717, 1.165) is 16.5 Å². The number of esters is 3. The number of amides is 1. The summed E-state index contributed by atoms with van der Waals surface area (Å²) in [7, 11) is 5.19. The second-order valence-corrected chi connectivity index (χ2v) is 26.2. The Bertz CT molecular complexity index is 3010. The van der Waals surface area contributed by atoms with Gasteiger partial charge >= 0.3 is 17.9 Å². The normalized spacial score (nSPS) is 37.0. The van der Waals surface area contributed by atoms with E-state index in [1.165, 1.54) is 14.0 Å². The predicted octanol–water partition coefficient (Wildman–Crippen LogP) is 4.20. The Morgan fingerprint density at radius 3 is 2.31 bits per heavy atom. The molecule has 6 N–H and O–H groups in total. The molecule has 3 saturated heterocycles. The van der Waals surface area contributed by atoms with Gasteiger partial charge in [0.05, 0.1) is 77.0 Å². The monoisotopic (exact) mass is 1220 g/mol. The molecule has 0 radical (unpaired) electrons. The van der Waals surface area contributed by atoms with Crippen molar-refractivity contribution < 1.29 is 82.6 Å². The zero-order valence-electron chi connectivity index (χ0n) is 53.1. The molecule has 1 amide bonds. The number of aliphatic hydroxyl groups excluding tert-OH is 3. The first-order valence-electron chi connectivity index (χ1n) is 31.0. The minimum absolute atomic E-state index is 0.0481. The highest BCUT2D eigenvalue weighted by atomic mass is 16.7. The minimum Gasteiger partial charge on any atom is -0.459 e. The zero-order chi connectivity index (χ0) is 63.8. The van der Waals surface area contributed by atoms with Crippen molar-refractivity contribution in [2.24, 2.45) is 17.8 Å². The van der Waals surface area contributed by atoms with E-state index in [1.807, 2.05) is 68.1 Å². The lowest BCUT2D eigenvalue weighted by atomic mass is 9.77. The summed E-state index contributed by atoms with van der Waals surface area (Å²) < 4.78 is 51.3. The number of cyclic esters (lactones) is 2. The number of likely N-dealkylation sites (N-methyl/N-ethyl adjacent to an activating group) is 1. The molecule has 7 heterocycles. The fraction of sp³-hybridized carbons (Fsp3) is 0.719. The number of aromatic nitrogens is 2. The van der Waals surface area contributed by atoms with Gasteiger partial charge in [0, 0.05) is 74.1 Å². The molecule has 5 aliphatic heterocycles. The molecular weight excluding hydrogens is 1130 g/mol. The van der Waals surface area contributed by atoms with E-state index < -0.39 is 126 Å². The van der Waals surface area contributed by atoms with Crippen LogP contribution in [0, 0.1) is 17.8 Å². The van der Waals surface area contributed by atoms with Gasteiger partial charge in [-0.15, -0.1) is 0 Å². The molecular formula is C64H95N5O18. The Labute approximate surface area is 510 Å². The van der Waals surface area contributed by atoms with Gasteiger partial charge in [-0.2, -0.15) is 0 Å². The molecule has 5 aliphatic rings.